The molecule has 1 saturated heterocycles. The van der Waals surface area contributed by atoms with Crippen molar-refractivity contribution in [2.75, 3.05) is 4.90 Å². The predicted octanol–water partition coefficient (Wildman–Crippen LogP) is 5.67. The van der Waals surface area contributed by atoms with Gasteiger partial charge in [0.1, 0.15) is 0 Å². The molecular formula is C24H18ClN5O3. The number of aliphatic imine (C=N–C) groups is 1. The van der Waals surface area contributed by atoms with Crippen molar-refractivity contribution in [3.63, 3.8) is 0 Å². The lowest BCUT2D eigenvalue weighted by Crippen LogP contribution is -2.58. The van der Waals surface area contributed by atoms with Crippen LogP contribution in [0.15, 0.2) is 88.0 Å². The Kier molecular flexibility index (Phi) is 6.37. The fourth-order valence-electron chi connectivity index (χ4n) is 3.05. The Labute approximate surface area is 194 Å². The average Bonchev–Trinajstić information content (AvgIpc) is 2.80. The van der Waals surface area contributed by atoms with Crippen molar-refractivity contribution in [1.82, 2.24) is 5.32 Å². The first-order valence-corrected chi connectivity index (χ1v) is 10.4. The van der Waals surface area contributed by atoms with Gasteiger partial charge in [-0.05, 0) is 67.6 Å². The number of benzene rings is 3. The summed E-state index contributed by atoms with van der Waals surface area (Å²) in [7, 11) is 0. The summed E-state index contributed by atoms with van der Waals surface area (Å²) in [6.07, 6.45) is 1.22. The second-order valence-electron chi connectivity index (χ2n) is 7.25. The van der Waals surface area contributed by atoms with E-state index in [2.05, 4.69) is 20.5 Å². The molecule has 1 fully saturated rings. The number of nitrogens with one attached hydrogen (secondary N) is 1. The first-order valence-electron chi connectivity index (χ1n) is 9.98. The molecule has 0 radical (unpaired) electrons. The number of azo groups is 1. The fraction of sp³-hybridized carbons (Fsp3) is 0.0833. The normalized spacial score (nSPS) is 16.6. The molecule has 1 aliphatic rings. The lowest BCUT2D eigenvalue weighted by atomic mass is 10.1. The Morgan fingerprint density at radius 3 is 1.97 bits per heavy atom. The van der Waals surface area contributed by atoms with Gasteiger partial charge in [-0.15, -0.1) is 0 Å². The molecule has 3 aromatic rings. The van der Waals surface area contributed by atoms with Crippen LogP contribution in [0.25, 0.3) is 0 Å². The van der Waals surface area contributed by atoms with E-state index in [-0.39, 0.29) is 0 Å². The molecule has 0 saturated carbocycles. The van der Waals surface area contributed by atoms with Gasteiger partial charge in [-0.25, -0.2) is 9.69 Å². The fourth-order valence-corrected chi connectivity index (χ4v) is 3.18. The number of carbonyl (C=O) groups excluding carboxylic acids is 3. The number of barbiturate groups is 1. The SMILES string of the molecule is Cc1ccc(N=Nc2ccc(N=C[C@@H]3C(=O)NC(=O)N(c4ccc(Cl)cc4)C3=O)cc2)cc1. The van der Waals surface area contributed by atoms with Crippen molar-refractivity contribution in [3.05, 3.63) is 83.4 Å². The smallest absolute Gasteiger partial charge is 0.276 e. The van der Waals surface area contributed by atoms with Gasteiger partial charge < -0.3 is 0 Å². The van der Waals surface area contributed by atoms with Gasteiger partial charge in [-0.3, -0.25) is 19.9 Å². The van der Waals surface area contributed by atoms with Crippen molar-refractivity contribution < 1.29 is 14.4 Å². The zero-order valence-electron chi connectivity index (χ0n) is 17.5. The number of rotatable bonds is 5. The quantitative estimate of drug-likeness (QED) is 0.302. The highest BCUT2D eigenvalue weighted by Gasteiger charge is 2.40. The van der Waals surface area contributed by atoms with Crippen LogP contribution < -0.4 is 10.2 Å². The second-order valence-corrected chi connectivity index (χ2v) is 7.69. The molecule has 4 amide bonds. The molecule has 1 aliphatic heterocycles. The lowest BCUT2D eigenvalue weighted by Gasteiger charge is -2.28. The Bertz CT molecular complexity index is 1250. The third-order valence-corrected chi connectivity index (χ3v) is 5.08. The lowest BCUT2D eigenvalue weighted by molar-refractivity contribution is -0.131. The first kappa shape index (κ1) is 22.0. The second kappa shape index (κ2) is 9.54. The van der Waals surface area contributed by atoms with Gasteiger partial charge in [0.05, 0.1) is 22.7 Å². The number of hydrogen-bond donors (Lipinski definition) is 1. The number of nitrogens with zero attached hydrogens (tertiary/aromatic N) is 4. The van der Waals surface area contributed by atoms with E-state index in [1.54, 1.807) is 36.4 Å². The van der Waals surface area contributed by atoms with Gasteiger partial charge >= 0.3 is 6.03 Å². The van der Waals surface area contributed by atoms with E-state index in [1.165, 1.54) is 18.3 Å². The van der Waals surface area contributed by atoms with E-state index >= 15 is 0 Å². The molecule has 0 spiro atoms. The molecule has 4 rings (SSSR count). The van der Waals surface area contributed by atoms with Gasteiger partial charge in [0.15, 0.2) is 5.92 Å². The van der Waals surface area contributed by atoms with Crippen LogP contribution in [0, 0.1) is 12.8 Å². The topological polar surface area (TPSA) is 104 Å². The summed E-state index contributed by atoms with van der Waals surface area (Å²) in [4.78, 5) is 42.4. The number of hydrogen-bond acceptors (Lipinski definition) is 6. The number of anilines is 1. The maximum Gasteiger partial charge on any atom is 0.335 e. The van der Waals surface area contributed by atoms with Crippen LogP contribution >= 0.6 is 11.6 Å². The zero-order valence-corrected chi connectivity index (χ0v) is 18.2. The summed E-state index contributed by atoms with van der Waals surface area (Å²) in [5.74, 6) is -2.68. The molecule has 0 aliphatic carbocycles. The third kappa shape index (κ3) is 5.19. The minimum absolute atomic E-state index is 0.302. The van der Waals surface area contributed by atoms with Crippen LogP contribution in [0.5, 0.6) is 0 Å². The molecular weight excluding hydrogens is 442 g/mol. The zero-order chi connectivity index (χ0) is 23.4. The Hall–Kier alpha value is -4.17. The summed E-state index contributed by atoms with van der Waals surface area (Å²) >= 11 is 5.87. The summed E-state index contributed by atoms with van der Waals surface area (Å²) in [5.41, 5.74) is 3.32. The molecule has 164 valence electrons. The minimum atomic E-state index is -1.25. The van der Waals surface area contributed by atoms with Gasteiger partial charge in [0, 0.05) is 11.2 Å². The highest BCUT2D eigenvalue weighted by molar-refractivity contribution is 6.33. The Balaban J connectivity index is 1.47. The van der Waals surface area contributed by atoms with Gasteiger partial charge in [0.2, 0.25) is 5.91 Å². The van der Waals surface area contributed by atoms with Crippen LogP contribution in [0.1, 0.15) is 5.56 Å². The van der Waals surface area contributed by atoms with Crippen LogP contribution in [-0.2, 0) is 9.59 Å². The van der Waals surface area contributed by atoms with Crippen molar-refractivity contribution in [1.29, 1.82) is 0 Å². The number of aryl methyl sites for hydroxylation is 1. The molecule has 1 atom stereocenters. The van der Waals surface area contributed by atoms with Crippen molar-refractivity contribution in [2.24, 2.45) is 21.1 Å². The average molecular weight is 460 g/mol. The van der Waals surface area contributed by atoms with Crippen LogP contribution in [0.2, 0.25) is 5.02 Å². The highest BCUT2D eigenvalue weighted by Crippen LogP contribution is 2.24. The van der Waals surface area contributed by atoms with E-state index in [9.17, 15) is 14.4 Å². The van der Waals surface area contributed by atoms with E-state index in [0.717, 1.165) is 16.2 Å². The molecule has 0 bridgehead atoms. The van der Waals surface area contributed by atoms with E-state index in [1.807, 2.05) is 31.2 Å². The molecule has 3 aromatic carbocycles. The monoisotopic (exact) mass is 459 g/mol. The first-order chi connectivity index (χ1) is 15.9. The van der Waals surface area contributed by atoms with Crippen molar-refractivity contribution in [3.8, 4) is 0 Å². The predicted molar refractivity (Wildman–Crippen MR) is 126 cm³/mol. The van der Waals surface area contributed by atoms with Crippen LogP contribution in [0.3, 0.4) is 0 Å². The van der Waals surface area contributed by atoms with Crippen molar-refractivity contribution in [2.45, 2.75) is 6.92 Å². The molecule has 33 heavy (non-hydrogen) atoms. The largest absolute Gasteiger partial charge is 0.335 e. The highest BCUT2D eigenvalue weighted by atomic mass is 35.5. The van der Waals surface area contributed by atoms with Crippen LogP contribution in [0.4, 0.5) is 27.5 Å². The van der Waals surface area contributed by atoms with Crippen LogP contribution in [-0.4, -0.2) is 24.1 Å². The molecule has 9 heteroatoms. The number of amides is 4. The molecule has 0 aromatic heterocycles. The summed E-state index contributed by atoms with van der Waals surface area (Å²) < 4.78 is 0. The summed E-state index contributed by atoms with van der Waals surface area (Å²) in [6, 6.07) is 19.8. The molecule has 1 N–H and O–H groups in total. The number of urea groups is 1. The maximum atomic E-state index is 12.8. The van der Waals surface area contributed by atoms with Crippen molar-refractivity contribution >= 4 is 58.4 Å². The Morgan fingerprint density at radius 2 is 1.36 bits per heavy atom. The number of carbonyl (C=O) groups is 3. The van der Waals surface area contributed by atoms with E-state index in [4.69, 9.17) is 11.6 Å². The summed E-state index contributed by atoms with van der Waals surface area (Å²) in [5, 5.41) is 11.0. The van der Waals surface area contributed by atoms with E-state index in [0.29, 0.717) is 22.1 Å². The van der Waals surface area contributed by atoms with Gasteiger partial charge in [-0.1, -0.05) is 29.3 Å². The third-order valence-electron chi connectivity index (χ3n) is 4.82. The number of imide groups is 2. The van der Waals surface area contributed by atoms with E-state index < -0.39 is 23.8 Å². The molecule has 1 heterocycles. The van der Waals surface area contributed by atoms with Gasteiger partial charge in [-0.2, -0.15) is 10.2 Å². The maximum absolute atomic E-state index is 12.8. The molecule has 8 nitrogen and oxygen atoms in total. The Morgan fingerprint density at radius 1 is 0.818 bits per heavy atom. The standard InChI is InChI=1S/C24H18ClN5O3/c1-15-2-6-18(7-3-15)28-29-19-10-8-17(9-11-19)26-14-21-22(31)27-24(33)30(23(21)32)20-12-4-16(25)5-13-20/h2-14,21H,1H3,(H,27,31,33)/t21-/m1/s1. The minimum Gasteiger partial charge on any atom is -0.276 e. The molecule has 0 unspecified atom stereocenters. The summed E-state index contributed by atoms with van der Waals surface area (Å²) in [6.45, 7) is 2.00. The van der Waals surface area contributed by atoms with Gasteiger partial charge in [0.25, 0.3) is 5.91 Å². The number of halogens is 1.